The predicted octanol–water partition coefficient (Wildman–Crippen LogP) is 2.12. The molecule has 0 aliphatic heterocycles. The zero-order chi connectivity index (χ0) is 12.5. The van der Waals surface area contributed by atoms with Gasteiger partial charge in [0.25, 0.3) is 0 Å². The minimum absolute atomic E-state index is 0.124. The topological polar surface area (TPSA) is 47.3 Å². The first-order chi connectivity index (χ1) is 7.96. The van der Waals surface area contributed by atoms with Gasteiger partial charge in [-0.25, -0.2) is 4.68 Å². The molecular formula is C10H13F3N2O2. The van der Waals surface area contributed by atoms with E-state index in [2.05, 4.69) is 9.84 Å². The van der Waals surface area contributed by atoms with Crippen LogP contribution in [0.3, 0.4) is 0 Å². The Balaban J connectivity index is 1.91. The van der Waals surface area contributed by atoms with Crippen molar-refractivity contribution >= 4 is 0 Å². The molecule has 1 N–H and O–H groups in total. The SMILES string of the molecule is OC(C1CCC1)n1ccc(OCC(F)(F)F)n1. The van der Waals surface area contributed by atoms with Gasteiger partial charge < -0.3 is 9.84 Å². The Hall–Kier alpha value is -1.24. The maximum Gasteiger partial charge on any atom is 0.422 e. The molecule has 1 aromatic heterocycles. The molecule has 0 spiro atoms. The van der Waals surface area contributed by atoms with E-state index in [-0.39, 0.29) is 11.8 Å². The number of aliphatic hydroxyl groups excluding tert-OH is 1. The lowest BCUT2D eigenvalue weighted by atomic mass is 9.84. The van der Waals surface area contributed by atoms with Gasteiger partial charge in [0, 0.05) is 18.2 Å². The maximum atomic E-state index is 11.9. The van der Waals surface area contributed by atoms with E-state index in [0.29, 0.717) is 0 Å². The van der Waals surface area contributed by atoms with Crippen LogP contribution < -0.4 is 4.74 Å². The molecule has 17 heavy (non-hydrogen) atoms. The van der Waals surface area contributed by atoms with E-state index in [4.69, 9.17) is 0 Å². The second-order valence-electron chi connectivity index (χ2n) is 4.14. The highest BCUT2D eigenvalue weighted by molar-refractivity contribution is 5.06. The molecule has 96 valence electrons. The summed E-state index contributed by atoms with van der Waals surface area (Å²) in [5.41, 5.74) is 0. The van der Waals surface area contributed by atoms with Gasteiger partial charge in [-0.05, 0) is 12.8 Å². The Morgan fingerprint density at radius 2 is 2.24 bits per heavy atom. The van der Waals surface area contributed by atoms with Gasteiger partial charge in [0.15, 0.2) is 6.61 Å². The van der Waals surface area contributed by atoms with Crippen molar-refractivity contribution in [3.63, 3.8) is 0 Å². The summed E-state index contributed by atoms with van der Waals surface area (Å²) in [7, 11) is 0. The summed E-state index contributed by atoms with van der Waals surface area (Å²) >= 11 is 0. The number of alkyl halides is 3. The highest BCUT2D eigenvalue weighted by Crippen LogP contribution is 2.34. The number of ether oxygens (including phenoxy) is 1. The van der Waals surface area contributed by atoms with Gasteiger partial charge in [-0.15, -0.1) is 5.10 Å². The number of aromatic nitrogens is 2. The fourth-order valence-electron chi connectivity index (χ4n) is 1.65. The minimum atomic E-state index is -4.38. The van der Waals surface area contributed by atoms with Crippen LogP contribution in [0.4, 0.5) is 13.2 Å². The first-order valence-corrected chi connectivity index (χ1v) is 5.38. The van der Waals surface area contributed by atoms with Gasteiger partial charge in [-0.1, -0.05) is 6.42 Å². The molecule has 7 heteroatoms. The third-order valence-electron chi connectivity index (χ3n) is 2.81. The zero-order valence-corrected chi connectivity index (χ0v) is 9.02. The van der Waals surface area contributed by atoms with Gasteiger partial charge in [0.1, 0.15) is 6.23 Å². The highest BCUT2D eigenvalue weighted by Gasteiger charge is 2.30. The van der Waals surface area contributed by atoms with Crippen molar-refractivity contribution in [1.82, 2.24) is 9.78 Å². The maximum absolute atomic E-state index is 11.9. The molecule has 1 aliphatic carbocycles. The number of halogens is 3. The summed E-state index contributed by atoms with van der Waals surface area (Å²) in [4.78, 5) is 0. The Labute approximate surface area is 96.0 Å². The Bertz CT molecular complexity index is 374. The lowest BCUT2D eigenvalue weighted by Crippen LogP contribution is -2.25. The molecule has 1 fully saturated rings. The van der Waals surface area contributed by atoms with Crippen LogP contribution >= 0.6 is 0 Å². The molecule has 1 unspecified atom stereocenters. The van der Waals surface area contributed by atoms with Crippen molar-refractivity contribution in [1.29, 1.82) is 0 Å². The molecule has 0 amide bonds. The summed E-state index contributed by atoms with van der Waals surface area (Å²) < 4.78 is 41.4. The third-order valence-corrected chi connectivity index (χ3v) is 2.81. The Morgan fingerprint density at radius 1 is 1.53 bits per heavy atom. The lowest BCUT2D eigenvalue weighted by molar-refractivity contribution is -0.154. The normalized spacial score (nSPS) is 18.8. The Kier molecular flexibility index (Phi) is 3.28. The number of hydrogen-bond donors (Lipinski definition) is 1. The molecule has 0 saturated heterocycles. The van der Waals surface area contributed by atoms with Crippen molar-refractivity contribution in [2.24, 2.45) is 5.92 Å². The fraction of sp³-hybridized carbons (Fsp3) is 0.700. The second kappa shape index (κ2) is 4.56. The average molecular weight is 250 g/mol. The van der Waals surface area contributed by atoms with E-state index >= 15 is 0 Å². The molecule has 1 aromatic rings. The van der Waals surface area contributed by atoms with Crippen molar-refractivity contribution in [3.8, 4) is 5.88 Å². The smallest absolute Gasteiger partial charge is 0.422 e. The first-order valence-electron chi connectivity index (χ1n) is 5.38. The number of hydrogen-bond acceptors (Lipinski definition) is 3. The largest absolute Gasteiger partial charge is 0.467 e. The minimum Gasteiger partial charge on any atom is -0.467 e. The molecule has 1 saturated carbocycles. The summed E-state index contributed by atoms with van der Waals surface area (Å²) in [6.45, 7) is -1.37. The van der Waals surface area contributed by atoms with Gasteiger partial charge in [0.05, 0.1) is 0 Å². The standard InChI is InChI=1S/C10H13F3N2O2/c11-10(12,13)6-17-8-4-5-15(14-8)9(16)7-2-1-3-7/h4-5,7,9,16H,1-3,6H2. The highest BCUT2D eigenvalue weighted by atomic mass is 19.4. The third kappa shape index (κ3) is 3.12. The number of rotatable bonds is 4. The van der Waals surface area contributed by atoms with Gasteiger partial charge in [-0.3, -0.25) is 0 Å². The van der Waals surface area contributed by atoms with E-state index in [1.54, 1.807) is 0 Å². The molecule has 4 nitrogen and oxygen atoms in total. The van der Waals surface area contributed by atoms with Crippen molar-refractivity contribution in [3.05, 3.63) is 12.3 Å². The van der Waals surface area contributed by atoms with Crippen LogP contribution in [-0.2, 0) is 0 Å². The zero-order valence-electron chi connectivity index (χ0n) is 9.02. The number of aliphatic hydroxyl groups is 1. The molecule has 1 aliphatic rings. The molecule has 0 bridgehead atoms. The predicted molar refractivity (Wildman–Crippen MR) is 52.4 cm³/mol. The van der Waals surface area contributed by atoms with Gasteiger partial charge in [-0.2, -0.15) is 13.2 Å². The second-order valence-corrected chi connectivity index (χ2v) is 4.14. The van der Waals surface area contributed by atoms with Crippen molar-refractivity contribution < 1.29 is 23.0 Å². The molecule has 1 heterocycles. The first kappa shape index (κ1) is 12.2. The Morgan fingerprint density at radius 3 is 2.76 bits per heavy atom. The van der Waals surface area contributed by atoms with Crippen LogP contribution in [0.5, 0.6) is 5.88 Å². The molecule has 0 aromatic carbocycles. The van der Waals surface area contributed by atoms with Crippen LogP contribution in [-0.4, -0.2) is 27.7 Å². The monoisotopic (exact) mass is 250 g/mol. The molecule has 1 atom stereocenters. The summed E-state index contributed by atoms with van der Waals surface area (Å²) in [6, 6.07) is 1.31. The van der Waals surface area contributed by atoms with Crippen molar-refractivity contribution in [2.45, 2.75) is 31.7 Å². The van der Waals surface area contributed by atoms with Crippen LogP contribution in [0.15, 0.2) is 12.3 Å². The number of nitrogens with zero attached hydrogens (tertiary/aromatic N) is 2. The van der Waals surface area contributed by atoms with E-state index in [1.807, 2.05) is 0 Å². The van der Waals surface area contributed by atoms with Crippen LogP contribution in [0.25, 0.3) is 0 Å². The van der Waals surface area contributed by atoms with E-state index in [9.17, 15) is 18.3 Å². The van der Waals surface area contributed by atoms with Gasteiger partial charge in [0.2, 0.25) is 5.88 Å². The van der Waals surface area contributed by atoms with E-state index < -0.39 is 19.0 Å². The summed E-state index contributed by atoms with van der Waals surface area (Å²) in [5.74, 6) is 0.0195. The lowest BCUT2D eigenvalue weighted by Gasteiger charge is -2.29. The van der Waals surface area contributed by atoms with Crippen LogP contribution in [0.1, 0.15) is 25.5 Å². The van der Waals surface area contributed by atoms with Crippen LogP contribution in [0.2, 0.25) is 0 Å². The average Bonchev–Trinajstić information content (AvgIpc) is 2.58. The molecular weight excluding hydrogens is 237 g/mol. The van der Waals surface area contributed by atoms with E-state index in [0.717, 1.165) is 19.3 Å². The van der Waals surface area contributed by atoms with Gasteiger partial charge >= 0.3 is 6.18 Å². The van der Waals surface area contributed by atoms with E-state index in [1.165, 1.54) is 16.9 Å². The molecule has 2 rings (SSSR count). The van der Waals surface area contributed by atoms with Crippen LogP contribution in [0, 0.1) is 5.92 Å². The summed E-state index contributed by atoms with van der Waals surface area (Å²) in [6.07, 6.45) is -0.822. The molecule has 0 radical (unpaired) electrons. The summed E-state index contributed by atoms with van der Waals surface area (Å²) in [5, 5.41) is 13.6. The quantitative estimate of drug-likeness (QED) is 0.890. The van der Waals surface area contributed by atoms with Crippen molar-refractivity contribution in [2.75, 3.05) is 6.61 Å². The fourth-order valence-corrected chi connectivity index (χ4v) is 1.65.